The Labute approximate surface area is 164 Å². The number of fused-ring (bicyclic) bond motifs is 2. The summed E-state index contributed by atoms with van der Waals surface area (Å²) in [5.41, 5.74) is 11.2. The van der Waals surface area contributed by atoms with Gasteiger partial charge in [-0.3, -0.25) is 0 Å². The SMILES string of the molecule is CC1=C(C#N)c2nc(N)c(C#N)c(C)c2/C1=C/c1cc(Br)c2c(c1)OCO2. The molecule has 2 aliphatic rings. The van der Waals surface area contributed by atoms with Gasteiger partial charge >= 0.3 is 0 Å². The van der Waals surface area contributed by atoms with Crippen LogP contribution in [-0.4, -0.2) is 11.8 Å². The van der Waals surface area contributed by atoms with Crippen molar-refractivity contribution in [1.82, 2.24) is 4.98 Å². The number of benzene rings is 1. The van der Waals surface area contributed by atoms with E-state index in [1.165, 1.54) is 0 Å². The fourth-order valence-corrected chi connectivity index (χ4v) is 4.01. The molecule has 1 aromatic carbocycles. The Bertz CT molecular complexity index is 1170. The maximum atomic E-state index is 9.62. The fraction of sp³-hybridized carbons (Fsp3) is 0.150. The van der Waals surface area contributed by atoms with Gasteiger partial charge in [0.1, 0.15) is 18.0 Å². The molecule has 0 saturated carbocycles. The number of allylic oxidation sites excluding steroid dienone is 3. The molecule has 132 valence electrons. The second kappa shape index (κ2) is 6.15. The smallest absolute Gasteiger partial charge is 0.231 e. The van der Waals surface area contributed by atoms with Crippen molar-refractivity contribution < 1.29 is 9.47 Å². The Morgan fingerprint density at radius 2 is 2.00 bits per heavy atom. The first-order valence-electron chi connectivity index (χ1n) is 8.09. The molecule has 0 atom stereocenters. The number of nitriles is 2. The first kappa shape index (κ1) is 17.1. The van der Waals surface area contributed by atoms with Gasteiger partial charge in [0.25, 0.3) is 0 Å². The second-order valence-corrected chi connectivity index (χ2v) is 7.09. The van der Waals surface area contributed by atoms with Crippen molar-refractivity contribution in [3.63, 3.8) is 0 Å². The van der Waals surface area contributed by atoms with Gasteiger partial charge in [0, 0.05) is 5.56 Å². The lowest BCUT2D eigenvalue weighted by Crippen LogP contribution is -2.03. The van der Waals surface area contributed by atoms with Crippen LogP contribution in [0, 0.1) is 29.6 Å². The predicted molar refractivity (Wildman–Crippen MR) is 104 cm³/mol. The second-order valence-electron chi connectivity index (χ2n) is 6.24. The van der Waals surface area contributed by atoms with E-state index in [0.29, 0.717) is 28.3 Å². The quantitative estimate of drug-likeness (QED) is 0.741. The highest BCUT2D eigenvalue weighted by atomic mass is 79.9. The van der Waals surface area contributed by atoms with Crippen molar-refractivity contribution >= 4 is 39.0 Å². The summed E-state index contributed by atoms with van der Waals surface area (Å²) in [5.74, 6) is 1.47. The molecule has 0 bridgehead atoms. The molecule has 4 rings (SSSR count). The van der Waals surface area contributed by atoms with E-state index in [-0.39, 0.29) is 12.6 Å². The van der Waals surface area contributed by atoms with Crippen LogP contribution in [0.25, 0.3) is 17.2 Å². The lowest BCUT2D eigenvalue weighted by atomic mass is 9.95. The normalized spacial score (nSPS) is 15.7. The Hall–Kier alpha value is -3.29. The molecule has 2 heterocycles. The van der Waals surface area contributed by atoms with Crippen molar-refractivity contribution in [2.75, 3.05) is 12.5 Å². The van der Waals surface area contributed by atoms with E-state index in [1.54, 1.807) is 0 Å². The zero-order valence-electron chi connectivity index (χ0n) is 14.6. The summed E-state index contributed by atoms with van der Waals surface area (Å²) >= 11 is 3.50. The van der Waals surface area contributed by atoms with Gasteiger partial charge in [0.2, 0.25) is 6.79 Å². The monoisotopic (exact) mass is 420 g/mol. The third-order valence-electron chi connectivity index (χ3n) is 4.74. The molecular formula is C20H13BrN4O2. The largest absolute Gasteiger partial charge is 0.454 e. The summed E-state index contributed by atoms with van der Waals surface area (Å²) in [6.45, 7) is 3.88. The summed E-state index contributed by atoms with van der Waals surface area (Å²) in [6, 6.07) is 8.12. The number of nitrogens with zero attached hydrogens (tertiary/aromatic N) is 3. The van der Waals surface area contributed by atoms with Crippen LogP contribution >= 0.6 is 15.9 Å². The van der Waals surface area contributed by atoms with Crippen LogP contribution in [-0.2, 0) is 0 Å². The number of nitrogen functional groups attached to an aromatic ring is 1. The van der Waals surface area contributed by atoms with Crippen LogP contribution in [0.5, 0.6) is 11.5 Å². The number of hydrogen-bond donors (Lipinski definition) is 1. The third-order valence-corrected chi connectivity index (χ3v) is 5.33. The van der Waals surface area contributed by atoms with E-state index in [1.807, 2.05) is 32.1 Å². The molecule has 0 unspecified atom stereocenters. The van der Waals surface area contributed by atoms with Crippen molar-refractivity contribution in [3.05, 3.63) is 50.1 Å². The first-order chi connectivity index (χ1) is 13.0. The van der Waals surface area contributed by atoms with E-state index >= 15 is 0 Å². The number of aromatic nitrogens is 1. The maximum absolute atomic E-state index is 9.62. The molecule has 6 nitrogen and oxygen atoms in total. The van der Waals surface area contributed by atoms with Gasteiger partial charge in [0.15, 0.2) is 11.5 Å². The van der Waals surface area contributed by atoms with Crippen LogP contribution in [0.3, 0.4) is 0 Å². The molecule has 0 saturated heterocycles. The molecule has 7 heteroatoms. The zero-order chi connectivity index (χ0) is 19.3. The minimum atomic E-state index is 0.140. The van der Waals surface area contributed by atoms with E-state index in [4.69, 9.17) is 15.2 Å². The summed E-state index contributed by atoms with van der Waals surface area (Å²) in [5, 5.41) is 19.1. The van der Waals surface area contributed by atoms with E-state index < -0.39 is 0 Å². The lowest BCUT2D eigenvalue weighted by molar-refractivity contribution is 0.173. The van der Waals surface area contributed by atoms with Crippen LogP contribution < -0.4 is 15.2 Å². The highest BCUT2D eigenvalue weighted by Gasteiger charge is 2.30. The zero-order valence-corrected chi connectivity index (χ0v) is 16.1. The number of rotatable bonds is 1. The number of pyridine rings is 1. The Morgan fingerprint density at radius 1 is 1.22 bits per heavy atom. The fourth-order valence-electron chi connectivity index (χ4n) is 3.43. The van der Waals surface area contributed by atoms with Gasteiger partial charge in [0.05, 0.1) is 21.3 Å². The molecule has 1 aliphatic heterocycles. The van der Waals surface area contributed by atoms with Crippen LogP contribution in [0.15, 0.2) is 22.2 Å². The molecule has 0 fully saturated rings. The Morgan fingerprint density at radius 3 is 2.70 bits per heavy atom. The van der Waals surface area contributed by atoms with Crippen molar-refractivity contribution in [2.45, 2.75) is 13.8 Å². The van der Waals surface area contributed by atoms with Gasteiger partial charge in [-0.05, 0) is 70.3 Å². The van der Waals surface area contributed by atoms with E-state index in [0.717, 1.165) is 32.3 Å². The lowest BCUT2D eigenvalue weighted by Gasteiger charge is -2.11. The number of anilines is 1. The van der Waals surface area contributed by atoms with Gasteiger partial charge in [-0.2, -0.15) is 10.5 Å². The Balaban J connectivity index is 1.97. The molecular weight excluding hydrogens is 408 g/mol. The predicted octanol–water partition coefficient (Wildman–Crippen LogP) is 4.19. The Kier molecular flexibility index (Phi) is 3.91. The minimum absolute atomic E-state index is 0.140. The third kappa shape index (κ3) is 2.48. The molecule has 1 aliphatic carbocycles. The summed E-state index contributed by atoms with van der Waals surface area (Å²) in [7, 11) is 0. The standard InChI is InChI=1S/C20H13BrN4O2/c1-9-12(3-11-4-15(21)19-16(5-11)26-8-27-19)17-10(2)14(7-23)20(24)25-18(17)13(9)6-22/h3-5H,8H2,1-2H3,(H2,24,25)/b12-3+. The number of nitrogens with two attached hydrogens (primary N) is 1. The van der Waals surface area contributed by atoms with Gasteiger partial charge in [-0.25, -0.2) is 4.98 Å². The molecule has 0 spiro atoms. The van der Waals surface area contributed by atoms with Crippen LogP contribution in [0.1, 0.15) is 34.9 Å². The average molecular weight is 421 g/mol. The molecule has 0 amide bonds. The summed E-state index contributed by atoms with van der Waals surface area (Å²) < 4.78 is 11.7. The minimum Gasteiger partial charge on any atom is -0.454 e. The number of ether oxygens (including phenoxy) is 2. The van der Waals surface area contributed by atoms with Crippen molar-refractivity contribution in [1.29, 1.82) is 10.5 Å². The molecule has 2 aromatic rings. The van der Waals surface area contributed by atoms with E-state index in [2.05, 4.69) is 33.1 Å². The van der Waals surface area contributed by atoms with Crippen molar-refractivity contribution in [2.24, 2.45) is 0 Å². The number of hydrogen-bond acceptors (Lipinski definition) is 6. The molecule has 0 radical (unpaired) electrons. The van der Waals surface area contributed by atoms with Gasteiger partial charge in [-0.1, -0.05) is 0 Å². The highest BCUT2D eigenvalue weighted by molar-refractivity contribution is 9.10. The van der Waals surface area contributed by atoms with Crippen LogP contribution in [0.2, 0.25) is 0 Å². The topological polar surface area (TPSA) is 105 Å². The molecule has 27 heavy (non-hydrogen) atoms. The maximum Gasteiger partial charge on any atom is 0.231 e. The van der Waals surface area contributed by atoms with Crippen LogP contribution in [0.4, 0.5) is 5.82 Å². The van der Waals surface area contributed by atoms with Gasteiger partial charge in [-0.15, -0.1) is 0 Å². The van der Waals surface area contributed by atoms with E-state index in [9.17, 15) is 10.5 Å². The average Bonchev–Trinajstić information content (AvgIpc) is 3.19. The highest BCUT2D eigenvalue weighted by Crippen LogP contribution is 2.46. The number of halogens is 1. The molecule has 1 aromatic heterocycles. The first-order valence-corrected chi connectivity index (χ1v) is 8.88. The summed E-state index contributed by atoms with van der Waals surface area (Å²) in [4.78, 5) is 4.34. The van der Waals surface area contributed by atoms with Crippen molar-refractivity contribution in [3.8, 4) is 23.6 Å². The summed E-state index contributed by atoms with van der Waals surface area (Å²) in [6.07, 6.45) is 1.96. The molecule has 2 N–H and O–H groups in total. The van der Waals surface area contributed by atoms with Gasteiger partial charge < -0.3 is 15.2 Å².